The van der Waals surface area contributed by atoms with Gasteiger partial charge >= 0.3 is 0 Å². The van der Waals surface area contributed by atoms with Gasteiger partial charge in [-0.15, -0.1) is 11.3 Å². The van der Waals surface area contributed by atoms with Crippen molar-refractivity contribution in [2.45, 2.75) is 24.9 Å². The van der Waals surface area contributed by atoms with Crippen LogP contribution in [0.3, 0.4) is 0 Å². The minimum Gasteiger partial charge on any atom is -0.313 e. The first-order valence-electron chi connectivity index (χ1n) is 6.39. The van der Waals surface area contributed by atoms with Crippen molar-refractivity contribution < 1.29 is 8.42 Å². The monoisotopic (exact) mass is 345 g/mol. The highest BCUT2D eigenvalue weighted by Gasteiger charge is 2.15. The summed E-state index contributed by atoms with van der Waals surface area (Å²) in [6.07, 6.45) is 1.64. The first-order chi connectivity index (χ1) is 10.0. The lowest BCUT2D eigenvalue weighted by molar-refractivity contribution is 0.581. The van der Waals surface area contributed by atoms with Crippen LogP contribution in [-0.4, -0.2) is 19.9 Å². The van der Waals surface area contributed by atoms with Gasteiger partial charge in [0.1, 0.15) is 0 Å². The molecule has 0 unspecified atom stereocenters. The van der Waals surface area contributed by atoms with Crippen molar-refractivity contribution in [2.24, 2.45) is 0 Å². The van der Waals surface area contributed by atoms with E-state index in [2.05, 4.69) is 15.0 Å². The predicted octanol–water partition coefficient (Wildman–Crippen LogP) is 2.38. The summed E-state index contributed by atoms with van der Waals surface area (Å²) in [5.41, 5.74) is 2.43. The maximum Gasteiger partial charge on any atom is 0.240 e. The van der Waals surface area contributed by atoms with E-state index in [1.165, 1.54) is 17.4 Å². The molecule has 0 aliphatic rings. The van der Waals surface area contributed by atoms with Gasteiger partial charge in [-0.05, 0) is 30.3 Å². The van der Waals surface area contributed by atoms with Gasteiger partial charge in [0, 0.05) is 29.2 Å². The summed E-state index contributed by atoms with van der Waals surface area (Å²) in [6, 6.07) is 4.71. The van der Waals surface area contributed by atoms with Crippen molar-refractivity contribution in [2.75, 3.05) is 6.54 Å². The third-order valence-corrected chi connectivity index (χ3v) is 5.36. The van der Waals surface area contributed by atoms with Crippen molar-refractivity contribution in [3.63, 3.8) is 0 Å². The molecule has 0 radical (unpaired) electrons. The molecule has 0 fully saturated rings. The van der Waals surface area contributed by atoms with Gasteiger partial charge in [-0.1, -0.05) is 18.5 Å². The Hall–Kier alpha value is -0.990. The second-order valence-corrected chi connectivity index (χ2v) is 7.47. The van der Waals surface area contributed by atoms with E-state index in [-0.39, 0.29) is 11.4 Å². The van der Waals surface area contributed by atoms with E-state index in [9.17, 15) is 8.42 Å². The standard InChI is InChI=1S/C13H16ClN3O2S2/c1-2-15-6-10-5-12(3-4-13(10)14)21(18,19)17-8-11-7-16-9-20-11/h3-5,7,9,15,17H,2,6,8H2,1H3. The highest BCUT2D eigenvalue weighted by molar-refractivity contribution is 7.89. The Morgan fingerprint density at radius 3 is 2.81 bits per heavy atom. The van der Waals surface area contributed by atoms with E-state index in [0.717, 1.165) is 17.0 Å². The van der Waals surface area contributed by atoms with E-state index in [0.29, 0.717) is 11.6 Å². The molecule has 0 spiro atoms. The molecule has 1 heterocycles. The normalized spacial score (nSPS) is 11.7. The van der Waals surface area contributed by atoms with E-state index in [1.807, 2.05) is 6.92 Å². The number of nitrogens with zero attached hydrogens (tertiary/aromatic N) is 1. The van der Waals surface area contributed by atoms with Crippen LogP contribution in [0.5, 0.6) is 0 Å². The molecule has 2 rings (SSSR count). The zero-order valence-electron chi connectivity index (χ0n) is 11.5. The highest BCUT2D eigenvalue weighted by Crippen LogP contribution is 2.20. The van der Waals surface area contributed by atoms with Crippen LogP contribution < -0.4 is 10.0 Å². The Kier molecular flexibility index (Phi) is 5.72. The van der Waals surface area contributed by atoms with E-state index < -0.39 is 10.0 Å². The van der Waals surface area contributed by atoms with Crippen molar-refractivity contribution >= 4 is 33.0 Å². The molecule has 114 valence electrons. The number of nitrogens with one attached hydrogen (secondary N) is 2. The first kappa shape index (κ1) is 16.4. The Bertz CT molecular complexity index is 687. The lowest BCUT2D eigenvalue weighted by Crippen LogP contribution is -2.23. The molecule has 0 aliphatic heterocycles. The summed E-state index contributed by atoms with van der Waals surface area (Å²) < 4.78 is 27.1. The van der Waals surface area contributed by atoms with Crippen molar-refractivity contribution in [3.8, 4) is 0 Å². The fourth-order valence-corrected chi connectivity index (χ4v) is 3.56. The minimum absolute atomic E-state index is 0.212. The SMILES string of the molecule is CCNCc1cc(S(=O)(=O)NCc2cncs2)ccc1Cl. The van der Waals surface area contributed by atoms with Crippen molar-refractivity contribution in [3.05, 3.63) is 45.4 Å². The Labute approximate surface area is 133 Å². The average molecular weight is 346 g/mol. The fraction of sp³-hybridized carbons (Fsp3) is 0.308. The molecule has 1 aromatic heterocycles. The van der Waals surface area contributed by atoms with Crippen LogP contribution in [0.25, 0.3) is 0 Å². The summed E-state index contributed by atoms with van der Waals surface area (Å²) in [5.74, 6) is 0. The van der Waals surface area contributed by atoms with E-state index >= 15 is 0 Å². The lowest BCUT2D eigenvalue weighted by atomic mass is 10.2. The highest BCUT2D eigenvalue weighted by atomic mass is 35.5. The maximum atomic E-state index is 12.3. The minimum atomic E-state index is -3.56. The van der Waals surface area contributed by atoms with Gasteiger partial charge in [0.05, 0.1) is 10.4 Å². The largest absolute Gasteiger partial charge is 0.313 e. The predicted molar refractivity (Wildman–Crippen MR) is 85.0 cm³/mol. The number of aromatic nitrogens is 1. The molecule has 0 atom stereocenters. The van der Waals surface area contributed by atoms with Gasteiger partial charge in [-0.3, -0.25) is 4.98 Å². The average Bonchev–Trinajstić information content (AvgIpc) is 2.97. The quantitative estimate of drug-likeness (QED) is 0.808. The Morgan fingerprint density at radius 2 is 2.14 bits per heavy atom. The van der Waals surface area contributed by atoms with Gasteiger partial charge < -0.3 is 5.32 Å². The number of hydrogen-bond acceptors (Lipinski definition) is 5. The summed E-state index contributed by atoms with van der Waals surface area (Å²) in [4.78, 5) is 4.99. The van der Waals surface area contributed by atoms with Gasteiger partial charge in [-0.2, -0.15) is 0 Å². The van der Waals surface area contributed by atoms with E-state index in [1.54, 1.807) is 23.8 Å². The summed E-state index contributed by atoms with van der Waals surface area (Å²) in [6.45, 7) is 3.54. The number of benzene rings is 1. The topological polar surface area (TPSA) is 71.1 Å². The summed E-state index contributed by atoms with van der Waals surface area (Å²) in [5, 5.41) is 3.69. The molecule has 0 bridgehead atoms. The van der Waals surface area contributed by atoms with Crippen LogP contribution in [0.4, 0.5) is 0 Å². The number of hydrogen-bond donors (Lipinski definition) is 2. The Morgan fingerprint density at radius 1 is 1.33 bits per heavy atom. The molecule has 21 heavy (non-hydrogen) atoms. The smallest absolute Gasteiger partial charge is 0.240 e. The molecule has 0 saturated heterocycles. The second-order valence-electron chi connectivity index (χ2n) is 4.33. The van der Waals surface area contributed by atoms with Crippen LogP contribution in [0, 0.1) is 0 Å². The molecule has 0 saturated carbocycles. The molecule has 2 N–H and O–H groups in total. The van der Waals surface area contributed by atoms with Gasteiger partial charge in [0.25, 0.3) is 0 Å². The Balaban J connectivity index is 2.15. The van der Waals surface area contributed by atoms with Crippen molar-refractivity contribution in [1.82, 2.24) is 15.0 Å². The third-order valence-electron chi connectivity index (χ3n) is 2.81. The molecule has 2 aromatic rings. The lowest BCUT2D eigenvalue weighted by Gasteiger charge is -2.09. The molecule has 0 aliphatic carbocycles. The van der Waals surface area contributed by atoms with Crippen LogP contribution in [0.15, 0.2) is 34.8 Å². The van der Waals surface area contributed by atoms with Gasteiger partial charge in [-0.25, -0.2) is 13.1 Å². The van der Waals surface area contributed by atoms with Crippen LogP contribution in [0.1, 0.15) is 17.4 Å². The third kappa shape index (κ3) is 4.49. The van der Waals surface area contributed by atoms with Crippen LogP contribution in [-0.2, 0) is 23.1 Å². The molecular formula is C13H16ClN3O2S2. The zero-order valence-corrected chi connectivity index (χ0v) is 13.9. The maximum absolute atomic E-state index is 12.3. The number of rotatable bonds is 7. The molecule has 8 heteroatoms. The van der Waals surface area contributed by atoms with Gasteiger partial charge in [0.2, 0.25) is 10.0 Å². The summed E-state index contributed by atoms with van der Waals surface area (Å²) in [7, 11) is -3.56. The van der Waals surface area contributed by atoms with Crippen molar-refractivity contribution in [1.29, 1.82) is 0 Å². The molecular weight excluding hydrogens is 330 g/mol. The first-order valence-corrected chi connectivity index (χ1v) is 9.13. The summed E-state index contributed by atoms with van der Waals surface area (Å²) >= 11 is 7.48. The second kappa shape index (κ2) is 7.33. The van der Waals surface area contributed by atoms with Gasteiger partial charge in [0.15, 0.2) is 0 Å². The molecule has 5 nitrogen and oxygen atoms in total. The van der Waals surface area contributed by atoms with Crippen LogP contribution in [0.2, 0.25) is 5.02 Å². The number of halogens is 1. The van der Waals surface area contributed by atoms with Crippen LogP contribution >= 0.6 is 22.9 Å². The fourth-order valence-electron chi connectivity index (χ4n) is 1.69. The molecule has 0 amide bonds. The zero-order chi connectivity index (χ0) is 15.3. The van der Waals surface area contributed by atoms with E-state index in [4.69, 9.17) is 11.6 Å². The number of sulfonamides is 1. The number of thiazole rings is 1. The molecule has 1 aromatic carbocycles.